The number of nitrogens with zero attached hydrogens (tertiary/aromatic N) is 1. The summed E-state index contributed by atoms with van der Waals surface area (Å²) in [6, 6.07) is 6.20. The number of fused-ring (bicyclic) bond motifs is 3. The molecule has 2 heterocycles. The first-order valence-corrected chi connectivity index (χ1v) is 10.3. The molecule has 0 saturated carbocycles. The van der Waals surface area contributed by atoms with Crippen LogP contribution in [0.2, 0.25) is 0 Å². The maximum absolute atomic E-state index is 14.0. The molecule has 0 radical (unpaired) electrons. The Hall–Kier alpha value is -3.04. The first-order chi connectivity index (χ1) is 13.8. The number of aryl methyl sites for hydroxylation is 1. The van der Waals surface area contributed by atoms with Gasteiger partial charge in [0.2, 0.25) is 5.91 Å². The molecular weight excluding hydrogens is 413 g/mol. The van der Waals surface area contributed by atoms with E-state index < -0.39 is 17.6 Å². The Morgan fingerprint density at radius 2 is 2.07 bits per heavy atom. The van der Waals surface area contributed by atoms with Gasteiger partial charge in [-0.1, -0.05) is 0 Å². The van der Waals surface area contributed by atoms with Crippen molar-refractivity contribution in [2.75, 3.05) is 11.9 Å². The third-order valence-electron chi connectivity index (χ3n) is 4.43. The summed E-state index contributed by atoms with van der Waals surface area (Å²) in [5.41, 5.74) is 6.52. The highest BCUT2D eigenvalue weighted by molar-refractivity contribution is 7.21. The molecule has 0 aliphatic rings. The fourth-order valence-corrected chi connectivity index (χ4v) is 4.82. The zero-order valence-electron chi connectivity index (χ0n) is 15.5. The Bertz CT molecular complexity index is 1280. The number of anilines is 1. The van der Waals surface area contributed by atoms with Gasteiger partial charge in [-0.3, -0.25) is 9.59 Å². The predicted octanol–water partition coefficient (Wildman–Crippen LogP) is 4.38. The topological polar surface area (TPSA) is 94.3 Å². The number of nitrogens with one attached hydrogen (secondary N) is 1. The molecule has 0 bridgehead atoms. The van der Waals surface area contributed by atoms with Gasteiger partial charge in [0.25, 0.3) is 5.91 Å². The van der Waals surface area contributed by atoms with Crippen molar-refractivity contribution in [3.05, 3.63) is 51.6 Å². The number of hydrogen-bond acceptors (Lipinski definition) is 6. The van der Waals surface area contributed by atoms with Crippen LogP contribution in [0, 0.1) is 19.7 Å². The molecule has 4 aromatic rings. The van der Waals surface area contributed by atoms with Crippen LogP contribution in [-0.2, 0) is 4.79 Å². The standard InChI is InChI=1S/C20H16FN3O3S2/c1-9-13(21)5-11(20(22)26)6-14(9)24-17(25)8-27-15-7-16-18(23-10(2)29-16)19-12(15)3-4-28-19/h3-7H,8H2,1-2H3,(H2,22,26)(H,24,25). The van der Waals surface area contributed by atoms with Gasteiger partial charge in [-0.25, -0.2) is 9.37 Å². The van der Waals surface area contributed by atoms with Gasteiger partial charge in [-0.2, -0.15) is 0 Å². The third kappa shape index (κ3) is 3.66. The Kier molecular flexibility index (Phi) is 4.93. The summed E-state index contributed by atoms with van der Waals surface area (Å²) in [5.74, 6) is -1.29. The second-order valence-corrected chi connectivity index (χ2v) is 8.60. The Morgan fingerprint density at radius 1 is 1.28 bits per heavy atom. The molecule has 2 aromatic carbocycles. The van der Waals surface area contributed by atoms with Crippen LogP contribution in [0.1, 0.15) is 20.9 Å². The van der Waals surface area contributed by atoms with Gasteiger partial charge >= 0.3 is 0 Å². The number of amides is 2. The number of thiophene rings is 1. The van der Waals surface area contributed by atoms with Gasteiger partial charge in [0.15, 0.2) is 6.61 Å². The van der Waals surface area contributed by atoms with Crippen molar-refractivity contribution in [1.82, 2.24) is 4.98 Å². The first kappa shape index (κ1) is 19.3. The van der Waals surface area contributed by atoms with Crippen molar-refractivity contribution in [3.63, 3.8) is 0 Å². The Labute approximate surface area is 173 Å². The van der Waals surface area contributed by atoms with Gasteiger partial charge in [0.1, 0.15) is 11.6 Å². The summed E-state index contributed by atoms with van der Waals surface area (Å²) in [4.78, 5) is 28.3. The third-order valence-corrected chi connectivity index (χ3v) is 6.27. The zero-order valence-corrected chi connectivity index (χ0v) is 17.2. The number of nitrogens with two attached hydrogens (primary N) is 1. The van der Waals surface area contributed by atoms with Gasteiger partial charge in [0, 0.05) is 28.3 Å². The summed E-state index contributed by atoms with van der Waals surface area (Å²) in [7, 11) is 0. The number of rotatable bonds is 5. The molecule has 0 aliphatic carbocycles. The largest absolute Gasteiger partial charge is 0.483 e. The lowest BCUT2D eigenvalue weighted by molar-refractivity contribution is -0.118. The molecular formula is C20H16FN3O3S2. The second-order valence-electron chi connectivity index (χ2n) is 6.45. The number of primary amides is 1. The second kappa shape index (κ2) is 7.41. The summed E-state index contributed by atoms with van der Waals surface area (Å²) < 4.78 is 21.8. The van der Waals surface area contributed by atoms with E-state index in [-0.39, 0.29) is 23.4 Å². The normalized spacial score (nSPS) is 11.1. The number of ether oxygens (including phenoxy) is 1. The number of aromatic nitrogens is 1. The van der Waals surface area contributed by atoms with Crippen molar-refractivity contribution in [2.45, 2.75) is 13.8 Å². The van der Waals surface area contributed by atoms with Gasteiger partial charge in [0.05, 0.1) is 19.9 Å². The Morgan fingerprint density at radius 3 is 2.83 bits per heavy atom. The van der Waals surface area contributed by atoms with Gasteiger partial charge in [-0.05, 0) is 37.4 Å². The number of carbonyl (C=O) groups excluding carboxylic acids is 2. The van der Waals surface area contributed by atoms with E-state index in [0.29, 0.717) is 5.75 Å². The molecule has 0 unspecified atom stereocenters. The van der Waals surface area contributed by atoms with E-state index in [1.165, 1.54) is 13.0 Å². The fourth-order valence-electron chi connectivity index (χ4n) is 2.99. The minimum Gasteiger partial charge on any atom is -0.483 e. The van der Waals surface area contributed by atoms with Crippen LogP contribution in [0.25, 0.3) is 20.3 Å². The van der Waals surface area contributed by atoms with E-state index in [9.17, 15) is 14.0 Å². The minimum atomic E-state index is -0.774. The van der Waals surface area contributed by atoms with E-state index in [1.54, 1.807) is 22.7 Å². The monoisotopic (exact) mass is 429 g/mol. The highest BCUT2D eigenvalue weighted by Crippen LogP contribution is 2.38. The predicted molar refractivity (Wildman–Crippen MR) is 114 cm³/mol. The number of carbonyl (C=O) groups is 2. The van der Waals surface area contributed by atoms with Crippen LogP contribution in [0.4, 0.5) is 10.1 Å². The highest BCUT2D eigenvalue weighted by atomic mass is 32.1. The smallest absolute Gasteiger partial charge is 0.262 e. The zero-order chi connectivity index (χ0) is 20.7. The number of halogens is 1. The van der Waals surface area contributed by atoms with E-state index in [4.69, 9.17) is 10.5 Å². The van der Waals surface area contributed by atoms with Crippen molar-refractivity contribution >= 4 is 60.5 Å². The number of thiazole rings is 1. The van der Waals surface area contributed by atoms with E-state index >= 15 is 0 Å². The maximum Gasteiger partial charge on any atom is 0.262 e. The fraction of sp³-hybridized carbons (Fsp3) is 0.150. The molecule has 29 heavy (non-hydrogen) atoms. The molecule has 0 atom stereocenters. The highest BCUT2D eigenvalue weighted by Gasteiger charge is 2.16. The molecule has 2 amide bonds. The SMILES string of the molecule is Cc1nc2c(cc(OCC(=O)Nc3cc(C(N)=O)cc(F)c3C)c3ccsc32)s1. The lowest BCUT2D eigenvalue weighted by atomic mass is 10.1. The molecule has 2 aromatic heterocycles. The van der Waals surface area contributed by atoms with E-state index in [0.717, 1.165) is 31.4 Å². The average molecular weight is 429 g/mol. The number of hydrogen-bond donors (Lipinski definition) is 2. The van der Waals surface area contributed by atoms with Crippen LogP contribution < -0.4 is 15.8 Å². The molecule has 4 rings (SSSR count). The minimum absolute atomic E-state index is 0.0182. The molecule has 148 valence electrons. The molecule has 6 nitrogen and oxygen atoms in total. The van der Waals surface area contributed by atoms with Crippen LogP contribution in [-0.4, -0.2) is 23.4 Å². The quantitative estimate of drug-likeness (QED) is 0.492. The van der Waals surface area contributed by atoms with Gasteiger partial charge in [-0.15, -0.1) is 22.7 Å². The van der Waals surface area contributed by atoms with Crippen molar-refractivity contribution in [3.8, 4) is 5.75 Å². The summed E-state index contributed by atoms with van der Waals surface area (Å²) >= 11 is 3.13. The summed E-state index contributed by atoms with van der Waals surface area (Å²) in [6.45, 7) is 3.18. The summed E-state index contributed by atoms with van der Waals surface area (Å²) in [6.07, 6.45) is 0. The molecule has 9 heteroatoms. The summed E-state index contributed by atoms with van der Waals surface area (Å²) in [5, 5.41) is 6.38. The lowest BCUT2D eigenvalue weighted by Crippen LogP contribution is -2.21. The van der Waals surface area contributed by atoms with Crippen LogP contribution in [0.3, 0.4) is 0 Å². The average Bonchev–Trinajstić information content (AvgIpc) is 3.28. The van der Waals surface area contributed by atoms with Crippen LogP contribution >= 0.6 is 22.7 Å². The Balaban J connectivity index is 1.56. The maximum atomic E-state index is 14.0. The molecule has 0 spiro atoms. The van der Waals surface area contributed by atoms with Crippen molar-refractivity contribution in [2.24, 2.45) is 5.73 Å². The lowest BCUT2D eigenvalue weighted by Gasteiger charge is -2.12. The molecule has 0 saturated heterocycles. The number of benzene rings is 2. The van der Waals surface area contributed by atoms with E-state index in [2.05, 4.69) is 10.3 Å². The van der Waals surface area contributed by atoms with Crippen molar-refractivity contribution in [1.29, 1.82) is 0 Å². The van der Waals surface area contributed by atoms with Crippen LogP contribution in [0.15, 0.2) is 29.6 Å². The van der Waals surface area contributed by atoms with Crippen LogP contribution in [0.5, 0.6) is 5.75 Å². The van der Waals surface area contributed by atoms with Crippen molar-refractivity contribution < 1.29 is 18.7 Å². The molecule has 3 N–H and O–H groups in total. The van der Waals surface area contributed by atoms with Gasteiger partial charge < -0.3 is 15.8 Å². The first-order valence-electron chi connectivity index (χ1n) is 8.63. The van der Waals surface area contributed by atoms with E-state index in [1.807, 2.05) is 24.4 Å². The molecule has 0 aliphatic heterocycles. The molecule has 0 fully saturated rings.